The Balaban J connectivity index is 1.23. The molecule has 0 aliphatic rings. The first kappa shape index (κ1) is 32.7. The van der Waals surface area contributed by atoms with Gasteiger partial charge in [-0.25, -0.2) is 0 Å². The topological polar surface area (TPSA) is 6.48 Å². The van der Waals surface area contributed by atoms with Crippen LogP contribution >= 0.6 is 11.3 Å². The third-order valence-corrected chi connectivity index (χ3v) is 11.5. The van der Waals surface area contributed by atoms with E-state index in [-0.39, 0.29) is 0 Å². The lowest BCUT2D eigenvalue weighted by Crippen LogP contribution is -2.13. The minimum Gasteiger partial charge on any atom is -0.310 e. The van der Waals surface area contributed by atoms with E-state index in [1.807, 2.05) is 11.3 Å². The van der Waals surface area contributed by atoms with E-state index in [4.69, 9.17) is 0 Å². The van der Waals surface area contributed by atoms with Crippen LogP contribution in [0.3, 0.4) is 0 Å². The summed E-state index contributed by atoms with van der Waals surface area (Å²) in [6.45, 7) is 0. The maximum atomic E-state index is 2.43. The van der Waals surface area contributed by atoms with Crippen molar-refractivity contribution in [2.24, 2.45) is 0 Å². The second-order valence-electron chi connectivity index (χ2n) is 13.8. The zero-order valence-corrected chi connectivity index (χ0v) is 30.9. The Hall–Kier alpha value is -6.94. The number of fused-ring (bicyclic) bond motifs is 4. The monoisotopic (exact) mass is 720 g/mol. The van der Waals surface area contributed by atoms with Crippen molar-refractivity contribution in [3.05, 3.63) is 218 Å². The molecule has 0 N–H and O–H groups in total. The number of hydrogen-bond acceptors (Lipinski definition) is 3. The van der Waals surface area contributed by atoms with E-state index in [9.17, 15) is 0 Å². The molecule has 1 aromatic heterocycles. The van der Waals surface area contributed by atoms with E-state index < -0.39 is 0 Å². The average Bonchev–Trinajstić information content (AvgIpc) is 3.62. The van der Waals surface area contributed by atoms with Gasteiger partial charge in [-0.15, -0.1) is 11.3 Å². The van der Waals surface area contributed by atoms with Crippen molar-refractivity contribution in [1.29, 1.82) is 0 Å². The van der Waals surface area contributed by atoms with E-state index in [0.717, 1.165) is 34.1 Å². The Morgan fingerprint density at radius 2 is 0.709 bits per heavy atom. The van der Waals surface area contributed by atoms with Crippen molar-refractivity contribution >= 4 is 76.4 Å². The average molecular weight is 721 g/mol. The van der Waals surface area contributed by atoms with Gasteiger partial charge in [0.15, 0.2) is 0 Å². The molecule has 0 saturated heterocycles. The van der Waals surface area contributed by atoms with Crippen molar-refractivity contribution < 1.29 is 0 Å². The van der Waals surface area contributed by atoms with Gasteiger partial charge >= 0.3 is 0 Å². The molecule has 0 amide bonds. The largest absolute Gasteiger partial charge is 0.310 e. The molecular weight excluding hydrogens is 685 g/mol. The Labute approximate surface area is 325 Å². The van der Waals surface area contributed by atoms with Crippen LogP contribution in [0.5, 0.6) is 0 Å². The van der Waals surface area contributed by atoms with Crippen LogP contribution in [0.2, 0.25) is 0 Å². The lowest BCUT2D eigenvalue weighted by molar-refractivity contribution is 1.26. The summed E-state index contributed by atoms with van der Waals surface area (Å²) in [5.41, 5.74) is 11.4. The molecule has 10 aromatic rings. The highest BCUT2D eigenvalue weighted by Gasteiger charge is 2.23. The molecule has 3 heteroatoms. The molecule has 0 unspecified atom stereocenters. The Morgan fingerprint density at radius 3 is 1.25 bits per heavy atom. The van der Waals surface area contributed by atoms with Crippen LogP contribution < -0.4 is 9.80 Å². The lowest BCUT2D eigenvalue weighted by atomic mass is 10.0. The minimum atomic E-state index is 1.10. The molecule has 9 aromatic carbocycles. The predicted octanol–water partition coefficient (Wildman–Crippen LogP) is 15.5. The van der Waals surface area contributed by atoms with Gasteiger partial charge in [-0.1, -0.05) is 146 Å². The van der Waals surface area contributed by atoms with Gasteiger partial charge in [0.2, 0.25) is 0 Å². The van der Waals surface area contributed by atoms with Gasteiger partial charge in [-0.05, 0) is 106 Å². The standard InChI is InChI=1S/C52H36N2S/c1-5-15-37(16-6-1)39-25-29-45(30-26-39)53(43-21-9-3-10-22-43)47-35-49(52-48-33-41-19-13-14-20-42(41)34-50(48)55-51(52)36-47)54(44-23-11-4-12-24-44)46-31-27-40(28-32-46)38-17-7-2-8-18-38/h1-36H. The molecule has 0 spiro atoms. The van der Waals surface area contributed by atoms with Crippen LogP contribution in [0.4, 0.5) is 34.1 Å². The molecule has 1 heterocycles. The number of para-hydroxylation sites is 2. The smallest absolute Gasteiger partial charge is 0.0575 e. The number of hydrogen-bond donors (Lipinski definition) is 0. The molecule has 0 radical (unpaired) electrons. The Morgan fingerprint density at radius 1 is 0.291 bits per heavy atom. The van der Waals surface area contributed by atoms with E-state index in [2.05, 4.69) is 228 Å². The number of thiophene rings is 1. The van der Waals surface area contributed by atoms with Crippen LogP contribution in [0.15, 0.2) is 218 Å². The van der Waals surface area contributed by atoms with Gasteiger partial charge in [0.1, 0.15) is 0 Å². The summed E-state index contributed by atoms with van der Waals surface area (Å²) in [5.74, 6) is 0. The highest BCUT2D eigenvalue weighted by Crippen LogP contribution is 2.49. The van der Waals surface area contributed by atoms with Crippen molar-refractivity contribution in [3.8, 4) is 22.3 Å². The summed E-state index contributed by atoms with van der Waals surface area (Å²) in [5, 5.41) is 5.01. The lowest BCUT2D eigenvalue weighted by Gasteiger charge is -2.30. The van der Waals surface area contributed by atoms with Gasteiger partial charge in [0, 0.05) is 48.6 Å². The van der Waals surface area contributed by atoms with Crippen LogP contribution in [-0.4, -0.2) is 0 Å². The van der Waals surface area contributed by atoms with Crippen LogP contribution in [-0.2, 0) is 0 Å². The van der Waals surface area contributed by atoms with E-state index in [1.165, 1.54) is 53.2 Å². The molecule has 0 fully saturated rings. The van der Waals surface area contributed by atoms with Crippen LogP contribution in [0, 0.1) is 0 Å². The summed E-state index contributed by atoms with van der Waals surface area (Å²) in [7, 11) is 0. The predicted molar refractivity (Wildman–Crippen MR) is 237 cm³/mol. The summed E-state index contributed by atoms with van der Waals surface area (Å²) in [4.78, 5) is 4.82. The van der Waals surface area contributed by atoms with Crippen molar-refractivity contribution in [2.45, 2.75) is 0 Å². The summed E-state index contributed by atoms with van der Waals surface area (Å²) in [6, 6.07) is 78.9. The van der Waals surface area contributed by atoms with Crippen molar-refractivity contribution in [2.75, 3.05) is 9.80 Å². The number of benzene rings is 9. The minimum absolute atomic E-state index is 1.10. The Kier molecular flexibility index (Phi) is 8.40. The first-order valence-electron chi connectivity index (χ1n) is 18.7. The zero-order valence-electron chi connectivity index (χ0n) is 30.1. The van der Waals surface area contributed by atoms with Gasteiger partial charge in [0.05, 0.1) is 5.69 Å². The summed E-state index contributed by atoms with van der Waals surface area (Å²) < 4.78 is 2.51. The molecule has 0 saturated carbocycles. The van der Waals surface area contributed by atoms with E-state index in [1.54, 1.807) is 0 Å². The van der Waals surface area contributed by atoms with Gasteiger partial charge < -0.3 is 9.80 Å². The van der Waals surface area contributed by atoms with E-state index in [0.29, 0.717) is 0 Å². The molecule has 0 aliphatic carbocycles. The van der Waals surface area contributed by atoms with Crippen molar-refractivity contribution in [3.63, 3.8) is 0 Å². The van der Waals surface area contributed by atoms with Crippen LogP contribution in [0.25, 0.3) is 53.2 Å². The fourth-order valence-electron chi connectivity index (χ4n) is 7.76. The molecule has 0 atom stereocenters. The highest BCUT2D eigenvalue weighted by molar-refractivity contribution is 7.26. The molecular formula is C52H36N2S. The molecule has 0 bridgehead atoms. The first-order valence-corrected chi connectivity index (χ1v) is 19.5. The SMILES string of the molecule is c1ccc(-c2ccc(N(c3ccccc3)c3cc(N(c4ccccc4)c4ccc(-c5ccccc5)cc4)c4c(c3)sc3cc5ccccc5cc34)cc2)cc1. The quantitative estimate of drug-likeness (QED) is 0.154. The van der Waals surface area contributed by atoms with E-state index >= 15 is 0 Å². The summed E-state index contributed by atoms with van der Waals surface area (Å²) >= 11 is 1.87. The second-order valence-corrected chi connectivity index (χ2v) is 14.9. The molecule has 0 aliphatic heterocycles. The first-order chi connectivity index (χ1) is 27.3. The maximum absolute atomic E-state index is 2.43. The van der Waals surface area contributed by atoms with Gasteiger partial charge in [-0.2, -0.15) is 0 Å². The third-order valence-electron chi connectivity index (χ3n) is 10.4. The number of nitrogens with zero attached hydrogens (tertiary/aromatic N) is 2. The van der Waals surface area contributed by atoms with Gasteiger partial charge in [0.25, 0.3) is 0 Å². The van der Waals surface area contributed by atoms with Crippen LogP contribution in [0.1, 0.15) is 0 Å². The van der Waals surface area contributed by atoms with Crippen molar-refractivity contribution in [1.82, 2.24) is 0 Å². The molecule has 10 rings (SSSR count). The zero-order chi connectivity index (χ0) is 36.6. The fourth-order valence-corrected chi connectivity index (χ4v) is 8.95. The third kappa shape index (κ3) is 6.21. The number of anilines is 6. The maximum Gasteiger partial charge on any atom is 0.0575 e. The highest BCUT2D eigenvalue weighted by atomic mass is 32.1. The Bertz CT molecular complexity index is 2890. The number of rotatable bonds is 8. The molecule has 55 heavy (non-hydrogen) atoms. The summed E-state index contributed by atoms with van der Waals surface area (Å²) in [6.07, 6.45) is 0. The molecule has 260 valence electrons. The second kappa shape index (κ2) is 14.1. The van der Waals surface area contributed by atoms with Gasteiger partial charge in [-0.3, -0.25) is 0 Å². The normalized spacial score (nSPS) is 11.3. The molecule has 2 nitrogen and oxygen atoms in total. The fraction of sp³-hybridized carbons (Fsp3) is 0.